The first-order valence-electron chi connectivity index (χ1n) is 13.3. The third kappa shape index (κ3) is 6.64. The minimum Gasteiger partial charge on any atom is -0.352 e. The van der Waals surface area contributed by atoms with Crippen molar-refractivity contribution in [1.82, 2.24) is 10.2 Å². The molecule has 1 aliphatic carbocycles. The van der Waals surface area contributed by atoms with Crippen molar-refractivity contribution in [2.75, 3.05) is 10.8 Å². The fraction of sp³-hybridized carbons (Fsp3) is 0.333. The lowest BCUT2D eigenvalue weighted by Crippen LogP contribution is -2.52. The van der Waals surface area contributed by atoms with Crippen molar-refractivity contribution < 1.29 is 22.4 Å². The van der Waals surface area contributed by atoms with E-state index in [2.05, 4.69) is 5.32 Å². The number of nitrogens with zero attached hydrogens (tertiary/aromatic N) is 2. The highest BCUT2D eigenvalue weighted by atomic mass is 35.5. The third-order valence-electron chi connectivity index (χ3n) is 7.29. The molecule has 40 heavy (non-hydrogen) atoms. The molecular weight excluding hydrogens is 553 g/mol. The Morgan fingerprint density at radius 2 is 1.65 bits per heavy atom. The average Bonchev–Trinajstić information content (AvgIpc) is 3.46. The quantitative estimate of drug-likeness (QED) is 0.342. The van der Waals surface area contributed by atoms with Crippen LogP contribution in [-0.2, 0) is 26.2 Å². The van der Waals surface area contributed by atoms with E-state index < -0.39 is 34.3 Å². The van der Waals surface area contributed by atoms with Crippen LogP contribution < -0.4 is 9.62 Å². The van der Waals surface area contributed by atoms with Crippen LogP contribution in [0.15, 0.2) is 77.7 Å². The number of nitrogens with one attached hydrogen (secondary N) is 1. The number of anilines is 1. The van der Waals surface area contributed by atoms with Gasteiger partial charge in [-0.3, -0.25) is 13.9 Å². The van der Waals surface area contributed by atoms with Gasteiger partial charge in [-0.1, -0.05) is 66.9 Å². The third-order valence-corrected chi connectivity index (χ3v) is 9.47. The van der Waals surface area contributed by atoms with E-state index in [0.717, 1.165) is 30.0 Å². The Bertz CT molecular complexity index is 1460. The summed E-state index contributed by atoms with van der Waals surface area (Å²) in [6.45, 7) is 2.42. The summed E-state index contributed by atoms with van der Waals surface area (Å²) in [6, 6.07) is 17.6. The van der Waals surface area contributed by atoms with E-state index in [1.807, 2.05) is 0 Å². The van der Waals surface area contributed by atoms with E-state index in [4.69, 9.17) is 11.6 Å². The largest absolute Gasteiger partial charge is 0.352 e. The zero-order chi connectivity index (χ0) is 28.9. The topological polar surface area (TPSA) is 86.8 Å². The van der Waals surface area contributed by atoms with Crippen molar-refractivity contribution in [3.63, 3.8) is 0 Å². The summed E-state index contributed by atoms with van der Waals surface area (Å²) in [7, 11) is -4.22. The van der Waals surface area contributed by atoms with Crippen LogP contribution in [0.1, 0.15) is 43.7 Å². The summed E-state index contributed by atoms with van der Waals surface area (Å²) in [6.07, 6.45) is 3.75. The first-order valence-corrected chi connectivity index (χ1v) is 15.1. The molecule has 7 nitrogen and oxygen atoms in total. The second-order valence-electron chi connectivity index (χ2n) is 9.99. The predicted molar refractivity (Wildman–Crippen MR) is 154 cm³/mol. The van der Waals surface area contributed by atoms with E-state index in [1.54, 1.807) is 56.3 Å². The van der Waals surface area contributed by atoms with Crippen LogP contribution in [-0.4, -0.2) is 43.8 Å². The molecule has 1 unspecified atom stereocenters. The highest BCUT2D eigenvalue weighted by molar-refractivity contribution is 7.92. The van der Waals surface area contributed by atoms with Gasteiger partial charge in [0, 0.05) is 23.2 Å². The molecule has 1 atom stereocenters. The molecule has 1 fully saturated rings. The van der Waals surface area contributed by atoms with Gasteiger partial charge < -0.3 is 10.2 Å². The maximum atomic E-state index is 14.7. The molecule has 0 spiro atoms. The van der Waals surface area contributed by atoms with Crippen molar-refractivity contribution in [3.05, 3.63) is 94.8 Å². The molecule has 10 heteroatoms. The summed E-state index contributed by atoms with van der Waals surface area (Å²) in [5.74, 6) is -1.55. The summed E-state index contributed by atoms with van der Waals surface area (Å²) < 4.78 is 43.4. The Labute approximate surface area is 240 Å². The molecule has 0 aliphatic heterocycles. The zero-order valence-electron chi connectivity index (χ0n) is 22.5. The van der Waals surface area contributed by atoms with Crippen LogP contribution in [0.2, 0.25) is 5.02 Å². The van der Waals surface area contributed by atoms with Crippen LogP contribution in [0.5, 0.6) is 0 Å². The Kier molecular flexibility index (Phi) is 9.48. The monoisotopic (exact) mass is 585 g/mol. The lowest BCUT2D eigenvalue weighted by molar-refractivity contribution is -0.139. The van der Waals surface area contributed by atoms with Gasteiger partial charge in [-0.25, -0.2) is 12.8 Å². The number of benzene rings is 3. The van der Waals surface area contributed by atoms with Crippen LogP contribution in [0.4, 0.5) is 10.1 Å². The molecule has 1 N–H and O–H groups in total. The molecule has 4 rings (SSSR count). The second kappa shape index (κ2) is 12.8. The van der Waals surface area contributed by atoms with Gasteiger partial charge in [0.05, 0.1) is 10.6 Å². The number of sulfonamides is 1. The van der Waals surface area contributed by atoms with E-state index in [-0.39, 0.29) is 34.6 Å². The smallest absolute Gasteiger partial charge is 0.264 e. The minimum atomic E-state index is -4.22. The summed E-state index contributed by atoms with van der Waals surface area (Å²) >= 11 is 6.34. The zero-order valence-corrected chi connectivity index (χ0v) is 24.1. The van der Waals surface area contributed by atoms with Gasteiger partial charge in [-0.05, 0) is 62.6 Å². The number of carbonyl (C=O) groups excluding carboxylic acids is 2. The van der Waals surface area contributed by atoms with Crippen molar-refractivity contribution in [2.24, 2.45) is 0 Å². The molecular formula is C30H33ClFN3O4S. The summed E-state index contributed by atoms with van der Waals surface area (Å²) in [5.41, 5.74) is 0.926. The van der Waals surface area contributed by atoms with Gasteiger partial charge in [0.2, 0.25) is 11.8 Å². The lowest BCUT2D eigenvalue weighted by atomic mass is 10.1. The summed E-state index contributed by atoms with van der Waals surface area (Å²) in [5, 5.41) is 3.33. The molecule has 1 saturated carbocycles. The Morgan fingerprint density at radius 1 is 1.00 bits per heavy atom. The fourth-order valence-corrected chi connectivity index (χ4v) is 6.55. The normalized spacial score (nSPS) is 14.5. The molecule has 3 aromatic rings. The van der Waals surface area contributed by atoms with E-state index in [0.29, 0.717) is 10.6 Å². The number of rotatable bonds is 10. The highest BCUT2D eigenvalue weighted by Crippen LogP contribution is 2.31. The van der Waals surface area contributed by atoms with Crippen molar-refractivity contribution >= 4 is 39.1 Å². The van der Waals surface area contributed by atoms with Crippen LogP contribution in [0.3, 0.4) is 0 Å². The maximum Gasteiger partial charge on any atom is 0.264 e. The molecule has 0 radical (unpaired) electrons. The molecule has 0 saturated heterocycles. The van der Waals surface area contributed by atoms with Gasteiger partial charge in [0.15, 0.2) is 0 Å². The number of carbonyl (C=O) groups is 2. The van der Waals surface area contributed by atoms with Gasteiger partial charge in [0.1, 0.15) is 18.4 Å². The first kappa shape index (κ1) is 29.6. The standard InChI is InChI=1S/C30H33ClFN3O4S/c1-21-26(31)16-10-18-28(21)35(40(38,39)25-14-4-3-5-15-25)20-29(36)34(19-23-11-6-9-17-27(23)32)22(2)30(37)33-24-12-7-8-13-24/h3-6,9-11,14-18,22,24H,7-8,12-13,19-20H2,1-2H3,(H,33,37). The number of halogens is 2. The summed E-state index contributed by atoms with van der Waals surface area (Å²) in [4.78, 5) is 28.5. The number of amides is 2. The second-order valence-corrected chi connectivity index (χ2v) is 12.3. The van der Waals surface area contributed by atoms with Gasteiger partial charge >= 0.3 is 0 Å². The van der Waals surface area contributed by atoms with Gasteiger partial charge in [-0.15, -0.1) is 0 Å². The van der Waals surface area contributed by atoms with Crippen molar-refractivity contribution in [2.45, 2.75) is 63.1 Å². The minimum absolute atomic E-state index is 0.00476. The molecule has 1 aliphatic rings. The number of hydrogen-bond acceptors (Lipinski definition) is 4. The van der Waals surface area contributed by atoms with Crippen LogP contribution in [0.25, 0.3) is 0 Å². The molecule has 3 aromatic carbocycles. The molecule has 2 amide bonds. The lowest BCUT2D eigenvalue weighted by Gasteiger charge is -2.33. The van der Waals surface area contributed by atoms with Gasteiger partial charge in [0.25, 0.3) is 10.0 Å². The highest BCUT2D eigenvalue weighted by Gasteiger charge is 2.34. The maximum absolute atomic E-state index is 14.7. The van der Waals surface area contributed by atoms with E-state index in [9.17, 15) is 22.4 Å². The number of hydrogen-bond donors (Lipinski definition) is 1. The van der Waals surface area contributed by atoms with Gasteiger partial charge in [-0.2, -0.15) is 0 Å². The van der Waals surface area contributed by atoms with E-state index >= 15 is 0 Å². The molecule has 212 valence electrons. The first-order chi connectivity index (χ1) is 19.1. The molecule has 0 aromatic heterocycles. The van der Waals surface area contributed by atoms with Crippen molar-refractivity contribution in [3.8, 4) is 0 Å². The SMILES string of the molecule is Cc1c(Cl)cccc1N(CC(=O)N(Cc1ccccc1F)C(C)C(=O)NC1CCCC1)S(=O)(=O)c1ccccc1. The Hall–Kier alpha value is -3.43. The van der Waals surface area contributed by atoms with Crippen LogP contribution in [0, 0.1) is 12.7 Å². The van der Waals surface area contributed by atoms with Crippen LogP contribution >= 0.6 is 11.6 Å². The average molecular weight is 586 g/mol. The fourth-order valence-electron chi connectivity index (χ4n) is 4.88. The van der Waals surface area contributed by atoms with E-state index in [1.165, 1.54) is 35.2 Å². The molecule has 0 heterocycles. The predicted octanol–water partition coefficient (Wildman–Crippen LogP) is 5.46. The Morgan fingerprint density at radius 3 is 2.33 bits per heavy atom. The molecule has 0 bridgehead atoms. The van der Waals surface area contributed by atoms with Crippen molar-refractivity contribution in [1.29, 1.82) is 0 Å². The Balaban J connectivity index is 1.72.